The molecular weight excluding hydrogens is 351 g/mol. The van der Waals surface area contributed by atoms with Crippen LogP contribution >= 0.6 is 0 Å². The van der Waals surface area contributed by atoms with E-state index in [1.807, 2.05) is 0 Å². The summed E-state index contributed by atoms with van der Waals surface area (Å²) in [5.74, 6) is -2.65. The number of amides is 2. The zero-order valence-electron chi connectivity index (χ0n) is 13.4. The van der Waals surface area contributed by atoms with Gasteiger partial charge in [-0.05, 0) is 24.3 Å². The summed E-state index contributed by atoms with van der Waals surface area (Å²) >= 11 is 0. The number of alkyl halides is 3. The molecule has 1 aliphatic rings. The SMILES string of the molecule is COc1ccccc1C1=C(O)C(=O)N(c2cccc(C(F)(F)F)c2)C1=O. The number of aliphatic hydroxyl groups excluding tert-OH is 1. The average Bonchev–Trinajstić information content (AvgIpc) is 2.83. The van der Waals surface area contributed by atoms with Crippen molar-refractivity contribution >= 4 is 23.1 Å². The van der Waals surface area contributed by atoms with E-state index in [-0.39, 0.29) is 22.6 Å². The lowest BCUT2D eigenvalue weighted by molar-refractivity contribution is -0.137. The van der Waals surface area contributed by atoms with Crippen molar-refractivity contribution in [3.8, 4) is 5.75 Å². The lowest BCUT2D eigenvalue weighted by atomic mass is 10.0. The van der Waals surface area contributed by atoms with Crippen molar-refractivity contribution in [2.45, 2.75) is 6.18 Å². The van der Waals surface area contributed by atoms with Crippen LogP contribution in [0.15, 0.2) is 54.3 Å². The largest absolute Gasteiger partial charge is 0.502 e. The standard InChI is InChI=1S/C18H12F3NO4/c1-26-13-8-3-2-7-12(13)14-15(23)17(25)22(16(14)24)11-6-4-5-10(9-11)18(19,20)21/h2-9,23H,1H3. The van der Waals surface area contributed by atoms with Gasteiger partial charge in [-0.3, -0.25) is 9.59 Å². The molecule has 0 saturated carbocycles. The quantitative estimate of drug-likeness (QED) is 0.847. The summed E-state index contributed by atoms with van der Waals surface area (Å²) in [7, 11) is 1.35. The number of para-hydroxylation sites is 1. The van der Waals surface area contributed by atoms with Crippen LogP contribution in [-0.4, -0.2) is 24.0 Å². The first-order chi connectivity index (χ1) is 12.3. The number of benzene rings is 2. The second-order valence-electron chi connectivity index (χ2n) is 5.42. The van der Waals surface area contributed by atoms with Gasteiger partial charge in [-0.15, -0.1) is 0 Å². The number of hydrogen-bond donors (Lipinski definition) is 1. The molecule has 0 atom stereocenters. The maximum atomic E-state index is 12.9. The van der Waals surface area contributed by atoms with Crippen LogP contribution in [0.3, 0.4) is 0 Å². The van der Waals surface area contributed by atoms with Crippen molar-refractivity contribution in [2.75, 3.05) is 12.0 Å². The summed E-state index contributed by atoms with van der Waals surface area (Å²) in [6.45, 7) is 0. The Morgan fingerprint density at radius 1 is 1.00 bits per heavy atom. The van der Waals surface area contributed by atoms with E-state index in [9.17, 15) is 27.9 Å². The zero-order chi connectivity index (χ0) is 19.1. The van der Waals surface area contributed by atoms with Crippen molar-refractivity contribution in [1.29, 1.82) is 0 Å². The van der Waals surface area contributed by atoms with Crippen LogP contribution in [0.2, 0.25) is 0 Å². The number of imide groups is 1. The van der Waals surface area contributed by atoms with Crippen LogP contribution in [0.1, 0.15) is 11.1 Å². The molecule has 8 heteroatoms. The lowest BCUT2D eigenvalue weighted by Crippen LogP contribution is -2.31. The number of carbonyl (C=O) groups excluding carboxylic acids is 2. The average molecular weight is 363 g/mol. The van der Waals surface area contributed by atoms with Gasteiger partial charge >= 0.3 is 12.1 Å². The first-order valence-electron chi connectivity index (χ1n) is 7.38. The Morgan fingerprint density at radius 2 is 1.69 bits per heavy atom. The van der Waals surface area contributed by atoms with Crippen LogP contribution in [-0.2, 0) is 15.8 Å². The number of nitrogens with zero attached hydrogens (tertiary/aromatic N) is 1. The maximum Gasteiger partial charge on any atom is 0.416 e. The molecular formula is C18H12F3NO4. The minimum Gasteiger partial charge on any atom is -0.502 e. The Kier molecular flexibility index (Phi) is 4.19. The molecule has 0 aliphatic carbocycles. The third-order valence-electron chi connectivity index (χ3n) is 3.87. The molecule has 2 aromatic carbocycles. The van der Waals surface area contributed by atoms with Crippen LogP contribution in [0.5, 0.6) is 5.75 Å². The predicted molar refractivity (Wildman–Crippen MR) is 86.5 cm³/mol. The van der Waals surface area contributed by atoms with Gasteiger partial charge in [-0.25, -0.2) is 4.90 Å². The monoisotopic (exact) mass is 363 g/mol. The Hall–Kier alpha value is -3.29. The third-order valence-corrected chi connectivity index (χ3v) is 3.87. The first kappa shape index (κ1) is 17.5. The molecule has 0 unspecified atom stereocenters. The number of halogens is 3. The third kappa shape index (κ3) is 2.79. The van der Waals surface area contributed by atoms with E-state index >= 15 is 0 Å². The fourth-order valence-corrected chi connectivity index (χ4v) is 2.67. The summed E-state index contributed by atoms with van der Waals surface area (Å²) in [5.41, 5.74) is -1.46. The van der Waals surface area contributed by atoms with Crippen LogP contribution in [0.4, 0.5) is 18.9 Å². The number of hydrogen-bond acceptors (Lipinski definition) is 4. The predicted octanol–water partition coefficient (Wildman–Crippen LogP) is 3.56. The second-order valence-corrected chi connectivity index (χ2v) is 5.42. The summed E-state index contributed by atoms with van der Waals surface area (Å²) < 4.78 is 43.8. The molecule has 1 heterocycles. The fraction of sp³-hybridized carbons (Fsp3) is 0.111. The molecule has 5 nitrogen and oxygen atoms in total. The highest BCUT2D eigenvalue weighted by Crippen LogP contribution is 2.37. The highest BCUT2D eigenvalue weighted by Gasteiger charge is 2.42. The maximum absolute atomic E-state index is 12.9. The smallest absolute Gasteiger partial charge is 0.416 e. The molecule has 0 aromatic heterocycles. The number of ether oxygens (including phenoxy) is 1. The molecule has 0 fully saturated rings. The first-order valence-corrected chi connectivity index (χ1v) is 7.38. The van der Waals surface area contributed by atoms with E-state index in [2.05, 4.69) is 0 Å². The minimum absolute atomic E-state index is 0.167. The van der Waals surface area contributed by atoms with E-state index < -0.39 is 29.3 Å². The van der Waals surface area contributed by atoms with Crippen molar-refractivity contribution < 1.29 is 32.6 Å². The minimum atomic E-state index is -4.64. The lowest BCUT2D eigenvalue weighted by Gasteiger charge is -2.17. The Morgan fingerprint density at radius 3 is 2.35 bits per heavy atom. The van der Waals surface area contributed by atoms with Crippen LogP contribution < -0.4 is 9.64 Å². The van der Waals surface area contributed by atoms with Crippen molar-refractivity contribution in [3.05, 3.63) is 65.4 Å². The number of anilines is 1. The van der Waals surface area contributed by atoms with Crippen molar-refractivity contribution in [3.63, 3.8) is 0 Å². The highest BCUT2D eigenvalue weighted by molar-refractivity contribution is 6.45. The molecule has 134 valence electrons. The normalized spacial score (nSPS) is 15.0. The van der Waals surface area contributed by atoms with Gasteiger partial charge in [-0.1, -0.05) is 24.3 Å². The van der Waals surface area contributed by atoms with Gasteiger partial charge in [0.2, 0.25) is 0 Å². The second kappa shape index (κ2) is 6.21. The van der Waals surface area contributed by atoms with E-state index in [0.717, 1.165) is 12.1 Å². The molecule has 0 radical (unpaired) electrons. The Bertz CT molecular complexity index is 934. The number of aliphatic hydroxyl groups is 1. The highest BCUT2D eigenvalue weighted by atomic mass is 19.4. The number of rotatable bonds is 3. The molecule has 0 bridgehead atoms. The van der Waals surface area contributed by atoms with Crippen molar-refractivity contribution in [1.82, 2.24) is 0 Å². The molecule has 26 heavy (non-hydrogen) atoms. The van der Waals surface area contributed by atoms with Gasteiger partial charge in [0.1, 0.15) is 5.75 Å². The fourth-order valence-electron chi connectivity index (χ4n) is 2.67. The molecule has 1 aliphatic heterocycles. The summed E-state index contributed by atoms with van der Waals surface area (Å²) in [6, 6.07) is 9.96. The summed E-state index contributed by atoms with van der Waals surface area (Å²) in [5, 5.41) is 10.2. The van der Waals surface area contributed by atoms with E-state index in [4.69, 9.17) is 4.74 Å². The molecule has 2 aromatic rings. The topological polar surface area (TPSA) is 66.8 Å². The van der Waals surface area contributed by atoms with Crippen molar-refractivity contribution in [2.24, 2.45) is 0 Å². The van der Waals surface area contributed by atoms with Crippen LogP contribution in [0.25, 0.3) is 5.57 Å². The zero-order valence-corrected chi connectivity index (χ0v) is 13.4. The van der Waals surface area contributed by atoms with Gasteiger partial charge in [0.15, 0.2) is 5.76 Å². The van der Waals surface area contributed by atoms with Gasteiger partial charge < -0.3 is 9.84 Å². The van der Waals surface area contributed by atoms with Gasteiger partial charge in [-0.2, -0.15) is 13.2 Å². The molecule has 0 spiro atoms. The van der Waals surface area contributed by atoms with Gasteiger partial charge in [0.25, 0.3) is 5.91 Å². The summed E-state index contributed by atoms with van der Waals surface area (Å²) in [4.78, 5) is 25.5. The van der Waals surface area contributed by atoms with E-state index in [1.165, 1.54) is 25.3 Å². The van der Waals surface area contributed by atoms with Gasteiger partial charge in [0, 0.05) is 5.56 Å². The number of carbonyl (C=O) groups is 2. The molecule has 3 rings (SSSR count). The number of methoxy groups -OCH3 is 1. The Labute approximate surface area is 145 Å². The van der Waals surface area contributed by atoms with E-state index in [1.54, 1.807) is 12.1 Å². The van der Waals surface area contributed by atoms with Crippen LogP contribution in [0, 0.1) is 0 Å². The Balaban J connectivity index is 2.07. The van der Waals surface area contributed by atoms with Gasteiger partial charge in [0.05, 0.1) is 23.9 Å². The van der Waals surface area contributed by atoms with E-state index in [0.29, 0.717) is 11.0 Å². The molecule has 2 amide bonds. The molecule has 1 N–H and O–H groups in total. The summed E-state index contributed by atoms with van der Waals surface area (Å²) in [6.07, 6.45) is -4.64. The molecule has 0 saturated heterocycles.